The molecule has 2 aromatic rings. The summed E-state index contributed by atoms with van der Waals surface area (Å²) in [7, 11) is 0. The highest BCUT2D eigenvalue weighted by Gasteiger charge is 2.21. The fourth-order valence-electron chi connectivity index (χ4n) is 2.72. The quantitative estimate of drug-likeness (QED) is 0.251. The van der Waals surface area contributed by atoms with Crippen LogP contribution in [0, 0.1) is 5.41 Å². The lowest BCUT2D eigenvalue weighted by atomic mass is 10.0. The monoisotopic (exact) mass is 403 g/mol. The predicted molar refractivity (Wildman–Crippen MR) is 107 cm³/mol. The maximum Gasteiger partial charge on any atom is 0.320 e. The van der Waals surface area contributed by atoms with Gasteiger partial charge in [-0.2, -0.15) is 0 Å². The molecule has 0 aliphatic rings. The lowest BCUT2D eigenvalue weighted by Gasteiger charge is -2.22. The lowest BCUT2D eigenvalue weighted by molar-refractivity contribution is 0.148. The van der Waals surface area contributed by atoms with Crippen molar-refractivity contribution < 1.29 is 24.9 Å². The molecule has 2 unspecified atom stereocenters. The number of nitrogens with one attached hydrogen (secondary N) is 3. The van der Waals surface area contributed by atoms with E-state index in [9.17, 15) is 15.0 Å². The van der Waals surface area contributed by atoms with Gasteiger partial charge >= 0.3 is 6.03 Å². The first-order chi connectivity index (χ1) is 13.9. The number of nitrogens with zero attached hydrogens (tertiary/aromatic N) is 1. The van der Waals surface area contributed by atoms with Gasteiger partial charge in [0, 0.05) is 11.8 Å². The van der Waals surface area contributed by atoms with E-state index >= 15 is 0 Å². The number of carbonyl (C=O) groups is 1. The molecule has 8 N–H and O–H groups in total. The number of nitrogen functional groups attached to an aromatic ring is 1. The third-order valence-corrected chi connectivity index (χ3v) is 4.01. The van der Waals surface area contributed by atoms with E-state index in [4.69, 9.17) is 21.0 Å². The Morgan fingerprint density at radius 2 is 2.00 bits per heavy atom. The minimum absolute atomic E-state index is 0.0402. The Bertz CT molecular complexity index is 844. The van der Waals surface area contributed by atoms with E-state index in [1.54, 1.807) is 31.2 Å². The van der Waals surface area contributed by atoms with Crippen LogP contribution in [-0.4, -0.2) is 51.6 Å². The highest BCUT2D eigenvalue weighted by Crippen LogP contribution is 2.22. The van der Waals surface area contributed by atoms with Gasteiger partial charge in [0.05, 0.1) is 36.6 Å². The molecule has 0 saturated heterocycles. The molecular formula is C19H25N5O5. The van der Waals surface area contributed by atoms with Gasteiger partial charge in [-0.05, 0) is 12.5 Å². The second-order valence-corrected chi connectivity index (χ2v) is 6.21. The van der Waals surface area contributed by atoms with Crippen molar-refractivity contribution in [3.8, 4) is 0 Å². The van der Waals surface area contributed by atoms with E-state index in [1.165, 1.54) is 6.07 Å². The molecule has 10 heteroatoms. The van der Waals surface area contributed by atoms with Crippen molar-refractivity contribution in [1.29, 1.82) is 5.41 Å². The van der Waals surface area contributed by atoms with Gasteiger partial charge in [0.2, 0.25) is 5.90 Å². The second kappa shape index (κ2) is 10.4. The van der Waals surface area contributed by atoms with Crippen LogP contribution in [0.15, 0.2) is 36.4 Å². The molecule has 29 heavy (non-hydrogen) atoms. The first kappa shape index (κ1) is 22.1. The Hall–Kier alpha value is -3.21. The van der Waals surface area contributed by atoms with Crippen molar-refractivity contribution >= 4 is 23.4 Å². The number of pyridine rings is 1. The van der Waals surface area contributed by atoms with E-state index in [0.717, 1.165) is 5.56 Å². The summed E-state index contributed by atoms with van der Waals surface area (Å²) in [5, 5.41) is 41.4. The summed E-state index contributed by atoms with van der Waals surface area (Å²) in [6.45, 7) is 0.633. The van der Waals surface area contributed by atoms with Crippen LogP contribution in [0.3, 0.4) is 0 Å². The number of carbonyl (C=O) groups excluding carboxylic acids is 1. The number of ether oxygens (including phenoxy) is 1. The summed E-state index contributed by atoms with van der Waals surface area (Å²) in [6.07, 6.45) is -0.847. The van der Waals surface area contributed by atoms with Crippen molar-refractivity contribution in [3.63, 3.8) is 0 Å². The van der Waals surface area contributed by atoms with E-state index in [0.29, 0.717) is 0 Å². The molecule has 2 atom stereocenters. The number of hydrogen-bond donors (Lipinski definition) is 7. The second-order valence-electron chi connectivity index (χ2n) is 6.21. The molecule has 0 bridgehead atoms. The Morgan fingerprint density at radius 3 is 2.59 bits per heavy atom. The maximum atomic E-state index is 12.4. The van der Waals surface area contributed by atoms with Crippen molar-refractivity contribution in [1.82, 2.24) is 10.3 Å². The predicted octanol–water partition coefficient (Wildman–Crippen LogP) is 0.734. The van der Waals surface area contributed by atoms with Gasteiger partial charge in [0.25, 0.3) is 0 Å². The SMILES string of the molecule is CC(O)C(NC(=O)Nc1cc(N)c(C(=N)OCCO)c(CO)n1)c1ccccc1. The molecule has 0 saturated carbocycles. The number of aliphatic hydroxyl groups excluding tert-OH is 3. The van der Waals surface area contributed by atoms with E-state index in [2.05, 4.69) is 15.6 Å². The van der Waals surface area contributed by atoms with Gasteiger partial charge in [-0.1, -0.05) is 30.3 Å². The van der Waals surface area contributed by atoms with Crippen molar-refractivity contribution in [3.05, 3.63) is 53.2 Å². The number of rotatable bonds is 8. The van der Waals surface area contributed by atoms with Gasteiger partial charge in [-0.25, -0.2) is 9.78 Å². The van der Waals surface area contributed by atoms with E-state index < -0.39 is 24.8 Å². The van der Waals surface area contributed by atoms with Crippen LogP contribution < -0.4 is 16.4 Å². The molecular weight excluding hydrogens is 378 g/mol. The molecule has 0 radical (unpaired) electrons. The fourth-order valence-corrected chi connectivity index (χ4v) is 2.72. The number of urea groups is 1. The zero-order valence-corrected chi connectivity index (χ0v) is 15.9. The Kier molecular flexibility index (Phi) is 7.89. The van der Waals surface area contributed by atoms with Crippen LogP contribution in [-0.2, 0) is 11.3 Å². The highest BCUT2D eigenvalue weighted by atomic mass is 16.5. The van der Waals surface area contributed by atoms with Crippen molar-refractivity contribution in [2.24, 2.45) is 0 Å². The fraction of sp³-hybridized carbons (Fsp3) is 0.316. The smallest absolute Gasteiger partial charge is 0.320 e. The standard InChI is InChI=1S/C19H25N5O5/c1-11(27)17(12-5-3-2-4-6-12)24-19(28)23-15-9-13(20)16(14(10-26)22-15)18(21)29-8-7-25/h2-6,9,11,17,21,25-27H,7-8,10H2,1H3,(H4,20,22,23,24,28). The molecule has 0 fully saturated rings. The number of benzene rings is 1. The van der Waals surface area contributed by atoms with Crippen molar-refractivity contribution in [2.45, 2.75) is 25.7 Å². The number of nitrogens with two attached hydrogens (primary N) is 1. The van der Waals surface area contributed by atoms with E-state index in [1.807, 2.05) is 6.07 Å². The molecule has 1 aromatic carbocycles. The molecule has 1 heterocycles. The number of hydrogen-bond acceptors (Lipinski definition) is 8. The number of aliphatic hydroxyl groups is 3. The summed E-state index contributed by atoms with van der Waals surface area (Å²) in [4.78, 5) is 16.5. The molecule has 156 valence electrons. The molecule has 1 aromatic heterocycles. The summed E-state index contributed by atoms with van der Waals surface area (Å²) >= 11 is 0. The minimum Gasteiger partial charge on any atom is -0.475 e. The molecule has 0 aliphatic carbocycles. The van der Waals surface area contributed by atoms with Crippen LogP contribution in [0.4, 0.5) is 16.3 Å². The normalized spacial score (nSPS) is 12.7. The average Bonchev–Trinajstić information content (AvgIpc) is 2.70. The first-order valence-corrected chi connectivity index (χ1v) is 8.90. The Balaban J connectivity index is 2.17. The van der Waals surface area contributed by atoms with Crippen LogP contribution in [0.2, 0.25) is 0 Å². The van der Waals surface area contributed by atoms with Gasteiger partial charge in [-0.15, -0.1) is 0 Å². The lowest BCUT2D eigenvalue weighted by Crippen LogP contribution is -2.38. The van der Waals surface area contributed by atoms with Crippen LogP contribution in [0.25, 0.3) is 0 Å². The molecule has 0 spiro atoms. The third kappa shape index (κ3) is 5.88. The van der Waals surface area contributed by atoms with Gasteiger partial charge in [-0.3, -0.25) is 10.7 Å². The summed E-state index contributed by atoms with van der Waals surface area (Å²) in [6, 6.07) is 9.04. The molecule has 2 amide bonds. The zero-order chi connectivity index (χ0) is 21.4. The summed E-state index contributed by atoms with van der Waals surface area (Å²) in [5.41, 5.74) is 6.86. The van der Waals surface area contributed by atoms with Gasteiger partial charge in [0.15, 0.2) is 0 Å². The van der Waals surface area contributed by atoms with Crippen LogP contribution in [0.1, 0.15) is 29.8 Å². The minimum atomic E-state index is -0.847. The van der Waals surface area contributed by atoms with Crippen molar-refractivity contribution in [2.75, 3.05) is 24.3 Å². The van der Waals surface area contributed by atoms with Crippen LogP contribution in [0.5, 0.6) is 0 Å². The highest BCUT2D eigenvalue weighted by molar-refractivity contribution is 5.99. The van der Waals surface area contributed by atoms with Gasteiger partial charge in [0.1, 0.15) is 12.4 Å². The Labute approximate surface area is 167 Å². The third-order valence-electron chi connectivity index (χ3n) is 4.01. The van der Waals surface area contributed by atoms with Gasteiger partial charge < -0.3 is 31.1 Å². The zero-order valence-electron chi connectivity index (χ0n) is 15.9. The molecule has 0 aliphatic heterocycles. The first-order valence-electron chi connectivity index (χ1n) is 8.90. The molecule has 2 rings (SSSR count). The number of amides is 2. The largest absolute Gasteiger partial charge is 0.475 e. The summed E-state index contributed by atoms with van der Waals surface area (Å²) in [5.74, 6) is -0.289. The Morgan fingerprint density at radius 1 is 1.31 bits per heavy atom. The van der Waals surface area contributed by atoms with E-state index in [-0.39, 0.29) is 41.9 Å². The number of aromatic nitrogens is 1. The van der Waals surface area contributed by atoms with Crippen LogP contribution >= 0.6 is 0 Å². The average molecular weight is 403 g/mol. The molecule has 10 nitrogen and oxygen atoms in total. The summed E-state index contributed by atoms with van der Waals surface area (Å²) < 4.78 is 5.02. The number of anilines is 2. The maximum absolute atomic E-state index is 12.4. The topological polar surface area (TPSA) is 174 Å².